The van der Waals surface area contributed by atoms with Gasteiger partial charge in [0, 0.05) is 23.2 Å². The predicted molar refractivity (Wildman–Crippen MR) is 59.4 cm³/mol. The molecule has 0 amide bonds. The average Bonchev–Trinajstić information content (AvgIpc) is 2.74. The van der Waals surface area contributed by atoms with E-state index in [4.69, 9.17) is 0 Å². The van der Waals surface area contributed by atoms with Crippen molar-refractivity contribution in [3.8, 4) is 0 Å². The molecule has 0 fully saturated rings. The van der Waals surface area contributed by atoms with E-state index in [9.17, 15) is 5.11 Å². The summed E-state index contributed by atoms with van der Waals surface area (Å²) >= 11 is 1.64. The number of thiazole rings is 1. The molecule has 0 aliphatic heterocycles. The van der Waals surface area contributed by atoms with Crippen LogP contribution in [0.5, 0.6) is 0 Å². The van der Waals surface area contributed by atoms with E-state index in [-0.39, 0.29) is 12.1 Å². The van der Waals surface area contributed by atoms with E-state index in [0.717, 1.165) is 19.4 Å². The molecule has 3 nitrogen and oxygen atoms in total. The second-order valence-corrected chi connectivity index (χ2v) is 4.44. The van der Waals surface area contributed by atoms with Gasteiger partial charge in [0.2, 0.25) is 0 Å². The largest absolute Gasteiger partial charge is 0.394 e. The Morgan fingerprint density at radius 3 is 2.64 bits per heavy atom. The molecule has 1 aromatic rings. The second-order valence-electron chi connectivity index (χ2n) is 3.47. The quantitative estimate of drug-likeness (QED) is 0.759. The molecule has 14 heavy (non-hydrogen) atoms. The van der Waals surface area contributed by atoms with Gasteiger partial charge < -0.3 is 10.4 Å². The summed E-state index contributed by atoms with van der Waals surface area (Å²) in [6, 6.07) is 0. The highest BCUT2D eigenvalue weighted by Gasteiger charge is 2.23. The maximum absolute atomic E-state index is 9.33. The molecule has 1 rings (SSSR count). The maximum atomic E-state index is 9.33. The molecular weight excluding hydrogens is 196 g/mol. The van der Waals surface area contributed by atoms with Gasteiger partial charge in [-0.15, -0.1) is 11.3 Å². The van der Waals surface area contributed by atoms with Crippen LogP contribution in [-0.4, -0.2) is 22.2 Å². The van der Waals surface area contributed by atoms with E-state index in [1.807, 2.05) is 11.7 Å². The zero-order chi connectivity index (χ0) is 10.4. The minimum absolute atomic E-state index is 0.121. The Kier molecular flexibility index (Phi) is 4.51. The van der Waals surface area contributed by atoms with Crippen LogP contribution in [0.25, 0.3) is 0 Å². The fourth-order valence-electron chi connectivity index (χ4n) is 1.38. The van der Waals surface area contributed by atoms with Gasteiger partial charge in [-0.05, 0) is 12.8 Å². The molecule has 0 bridgehead atoms. The van der Waals surface area contributed by atoms with Gasteiger partial charge in [-0.2, -0.15) is 0 Å². The van der Waals surface area contributed by atoms with Gasteiger partial charge in [-0.3, -0.25) is 4.98 Å². The monoisotopic (exact) mass is 214 g/mol. The van der Waals surface area contributed by atoms with Crippen LogP contribution < -0.4 is 5.32 Å². The van der Waals surface area contributed by atoms with Crippen LogP contribution in [0.1, 0.15) is 31.6 Å². The molecule has 0 saturated carbocycles. The zero-order valence-electron chi connectivity index (χ0n) is 8.79. The van der Waals surface area contributed by atoms with Gasteiger partial charge >= 0.3 is 0 Å². The summed E-state index contributed by atoms with van der Waals surface area (Å²) in [5.74, 6) is 0. The minimum atomic E-state index is -0.121. The molecule has 1 heterocycles. The van der Waals surface area contributed by atoms with Crippen molar-refractivity contribution in [2.24, 2.45) is 0 Å². The normalized spacial score (nSPS) is 11.9. The van der Waals surface area contributed by atoms with E-state index in [1.54, 1.807) is 11.3 Å². The van der Waals surface area contributed by atoms with Gasteiger partial charge in [-0.1, -0.05) is 13.8 Å². The van der Waals surface area contributed by atoms with Crippen molar-refractivity contribution in [3.63, 3.8) is 0 Å². The Bertz CT molecular complexity index is 236. The van der Waals surface area contributed by atoms with Crippen LogP contribution in [-0.2, 0) is 6.54 Å². The fourth-order valence-corrected chi connectivity index (χ4v) is 1.92. The number of aromatic nitrogens is 1. The third-order valence-electron chi connectivity index (χ3n) is 2.78. The average molecular weight is 214 g/mol. The van der Waals surface area contributed by atoms with E-state index >= 15 is 0 Å². The molecule has 80 valence electrons. The highest BCUT2D eigenvalue weighted by molar-refractivity contribution is 7.09. The minimum Gasteiger partial charge on any atom is -0.394 e. The lowest BCUT2D eigenvalue weighted by Crippen LogP contribution is -2.46. The summed E-state index contributed by atoms with van der Waals surface area (Å²) in [5.41, 5.74) is 1.71. The van der Waals surface area contributed by atoms with Crippen LogP contribution >= 0.6 is 11.3 Å². The second kappa shape index (κ2) is 5.44. The summed E-state index contributed by atoms with van der Waals surface area (Å²) < 4.78 is 0. The molecule has 0 atom stereocenters. The van der Waals surface area contributed by atoms with Gasteiger partial charge in [0.25, 0.3) is 0 Å². The molecule has 0 aromatic carbocycles. The molecule has 0 aliphatic rings. The lowest BCUT2D eigenvalue weighted by atomic mass is 9.94. The third-order valence-corrected chi connectivity index (χ3v) is 3.56. The number of nitrogens with zero attached hydrogens (tertiary/aromatic N) is 1. The Labute approximate surface area is 89.2 Å². The number of aliphatic hydroxyl groups is 1. The highest BCUT2D eigenvalue weighted by atomic mass is 32.1. The third kappa shape index (κ3) is 2.77. The SMILES string of the molecule is CCC(CC)(CO)NCc1cncs1. The Hall–Kier alpha value is -0.450. The number of aliphatic hydroxyl groups excluding tert-OH is 1. The Morgan fingerprint density at radius 2 is 2.21 bits per heavy atom. The smallest absolute Gasteiger partial charge is 0.0794 e. The first-order chi connectivity index (χ1) is 6.76. The molecule has 0 aliphatic carbocycles. The van der Waals surface area contributed by atoms with Crippen molar-refractivity contribution in [2.45, 2.75) is 38.8 Å². The standard InChI is InChI=1S/C10H18N2OS/c1-3-10(4-2,7-13)12-6-9-5-11-8-14-9/h5,8,12-13H,3-4,6-7H2,1-2H3. The molecule has 1 aromatic heterocycles. The van der Waals surface area contributed by atoms with Crippen LogP contribution in [0.3, 0.4) is 0 Å². The van der Waals surface area contributed by atoms with Crippen molar-refractivity contribution >= 4 is 11.3 Å². The first kappa shape index (κ1) is 11.6. The first-order valence-electron chi connectivity index (χ1n) is 4.99. The van der Waals surface area contributed by atoms with Crippen molar-refractivity contribution in [1.29, 1.82) is 0 Å². The first-order valence-corrected chi connectivity index (χ1v) is 5.87. The molecule has 2 N–H and O–H groups in total. The fraction of sp³-hybridized carbons (Fsp3) is 0.700. The van der Waals surface area contributed by atoms with Crippen LogP contribution in [0, 0.1) is 0 Å². The van der Waals surface area contributed by atoms with E-state index < -0.39 is 0 Å². The Balaban J connectivity index is 2.48. The highest BCUT2D eigenvalue weighted by Crippen LogP contribution is 2.16. The van der Waals surface area contributed by atoms with E-state index in [1.165, 1.54) is 4.88 Å². The van der Waals surface area contributed by atoms with Crippen molar-refractivity contribution in [3.05, 3.63) is 16.6 Å². The number of hydrogen-bond acceptors (Lipinski definition) is 4. The molecular formula is C10H18N2OS. The van der Waals surface area contributed by atoms with Gasteiger partial charge in [0.05, 0.1) is 12.1 Å². The molecule has 0 saturated heterocycles. The van der Waals surface area contributed by atoms with Crippen molar-refractivity contribution in [2.75, 3.05) is 6.61 Å². The molecule has 0 spiro atoms. The Morgan fingerprint density at radius 1 is 1.50 bits per heavy atom. The van der Waals surface area contributed by atoms with Crippen LogP contribution in [0.15, 0.2) is 11.7 Å². The number of hydrogen-bond donors (Lipinski definition) is 2. The zero-order valence-corrected chi connectivity index (χ0v) is 9.60. The van der Waals surface area contributed by atoms with E-state index in [0.29, 0.717) is 0 Å². The molecule has 0 radical (unpaired) electrons. The lowest BCUT2D eigenvalue weighted by molar-refractivity contribution is 0.150. The van der Waals surface area contributed by atoms with E-state index in [2.05, 4.69) is 24.1 Å². The summed E-state index contributed by atoms with van der Waals surface area (Å²) in [6.45, 7) is 5.19. The summed E-state index contributed by atoms with van der Waals surface area (Å²) in [6.07, 6.45) is 3.75. The number of nitrogens with one attached hydrogen (secondary N) is 1. The molecule has 4 heteroatoms. The van der Waals surface area contributed by atoms with Crippen molar-refractivity contribution in [1.82, 2.24) is 10.3 Å². The lowest BCUT2D eigenvalue weighted by Gasteiger charge is -2.30. The van der Waals surface area contributed by atoms with Gasteiger partial charge in [-0.25, -0.2) is 0 Å². The summed E-state index contributed by atoms with van der Waals surface area (Å²) in [5, 5.41) is 12.7. The summed E-state index contributed by atoms with van der Waals surface area (Å²) in [4.78, 5) is 5.23. The summed E-state index contributed by atoms with van der Waals surface area (Å²) in [7, 11) is 0. The van der Waals surface area contributed by atoms with Crippen molar-refractivity contribution < 1.29 is 5.11 Å². The van der Waals surface area contributed by atoms with Gasteiger partial charge in [0.15, 0.2) is 0 Å². The van der Waals surface area contributed by atoms with Crippen LogP contribution in [0.2, 0.25) is 0 Å². The predicted octanol–water partition coefficient (Wildman–Crippen LogP) is 1.78. The topological polar surface area (TPSA) is 45.1 Å². The van der Waals surface area contributed by atoms with Crippen LogP contribution in [0.4, 0.5) is 0 Å². The van der Waals surface area contributed by atoms with Gasteiger partial charge in [0.1, 0.15) is 0 Å². The molecule has 0 unspecified atom stereocenters. The number of rotatable bonds is 6. The maximum Gasteiger partial charge on any atom is 0.0794 e.